The van der Waals surface area contributed by atoms with Gasteiger partial charge in [0.15, 0.2) is 11.5 Å². The zero-order chi connectivity index (χ0) is 18.4. The molecule has 3 unspecified atom stereocenters. The third-order valence-corrected chi connectivity index (χ3v) is 6.09. The number of fused-ring (bicyclic) bond motifs is 3. The molecule has 0 radical (unpaired) electrons. The summed E-state index contributed by atoms with van der Waals surface area (Å²) in [5.74, 6) is 1.76. The molecule has 8 heteroatoms. The summed E-state index contributed by atoms with van der Waals surface area (Å²) in [5.41, 5.74) is 2.61. The summed E-state index contributed by atoms with van der Waals surface area (Å²) in [7, 11) is 0. The number of hydrogen-bond donors (Lipinski definition) is 2. The minimum absolute atomic E-state index is 0.0747. The van der Waals surface area contributed by atoms with Crippen molar-refractivity contribution in [2.75, 3.05) is 19.8 Å². The zero-order valence-electron chi connectivity index (χ0n) is 15.0. The Hall–Kier alpha value is -2.32. The van der Waals surface area contributed by atoms with Gasteiger partial charge in [-0.05, 0) is 37.5 Å². The van der Waals surface area contributed by atoms with Crippen molar-refractivity contribution in [1.82, 2.24) is 25.1 Å². The molecule has 8 nitrogen and oxygen atoms in total. The largest absolute Gasteiger partial charge is 0.394 e. The number of aromatic nitrogens is 4. The van der Waals surface area contributed by atoms with Gasteiger partial charge in [0.2, 0.25) is 0 Å². The molecule has 142 valence electrons. The van der Waals surface area contributed by atoms with Crippen molar-refractivity contribution in [1.29, 1.82) is 0 Å². The lowest BCUT2D eigenvalue weighted by molar-refractivity contribution is 0.0418. The van der Waals surface area contributed by atoms with E-state index in [1.807, 2.05) is 0 Å². The lowest BCUT2D eigenvalue weighted by Crippen LogP contribution is -2.45. The van der Waals surface area contributed by atoms with Gasteiger partial charge in [-0.2, -0.15) is 5.10 Å². The highest BCUT2D eigenvalue weighted by Crippen LogP contribution is 2.57. The molecule has 3 atom stereocenters. The Morgan fingerprint density at radius 3 is 2.96 bits per heavy atom. The van der Waals surface area contributed by atoms with E-state index in [1.165, 1.54) is 0 Å². The lowest BCUT2D eigenvalue weighted by Gasteiger charge is -2.29. The molecule has 5 rings (SSSR count). The van der Waals surface area contributed by atoms with Gasteiger partial charge in [-0.25, -0.2) is 9.67 Å². The second-order valence-corrected chi connectivity index (χ2v) is 7.71. The first-order valence-electron chi connectivity index (χ1n) is 9.64. The minimum Gasteiger partial charge on any atom is -0.394 e. The summed E-state index contributed by atoms with van der Waals surface area (Å²) in [6.07, 6.45) is 8.67. The van der Waals surface area contributed by atoms with Crippen LogP contribution in [0.3, 0.4) is 0 Å². The van der Waals surface area contributed by atoms with Crippen LogP contribution in [0.5, 0.6) is 0 Å². The first-order valence-corrected chi connectivity index (χ1v) is 9.64. The highest BCUT2D eigenvalue weighted by molar-refractivity contribution is 5.94. The molecule has 1 saturated heterocycles. The number of nitrogens with zero attached hydrogens (tertiary/aromatic N) is 4. The number of aliphatic hydroxyl groups excluding tert-OH is 1. The maximum absolute atomic E-state index is 13.0. The molecule has 2 N–H and O–H groups in total. The zero-order valence-corrected chi connectivity index (χ0v) is 15.0. The summed E-state index contributed by atoms with van der Waals surface area (Å²) in [4.78, 5) is 21.5. The van der Waals surface area contributed by atoms with Crippen LogP contribution in [0.1, 0.15) is 46.9 Å². The van der Waals surface area contributed by atoms with E-state index in [2.05, 4.69) is 20.4 Å². The second kappa shape index (κ2) is 6.69. The van der Waals surface area contributed by atoms with Crippen LogP contribution in [-0.4, -0.2) is 56.6 Å². The van der Waals surface area contributed by atoms with Gasteiger partial charge in [0.05, 0.1) is 24.5 Å². The van der Waals surface area contributed by atoms with Crippen LogP contribution in [0.2, 0.25) is 0 Å². The average Bonchev–Trinajstić information content (AvgIpc) is 3.22. The van der Waals surface area contributed by atoms with E-state index in [4.69, 9.17) is 4.74 Å². The van der Waals surface area contributed by atoms with Gasteiger partial charge in [-0.3, -0.25) is 9.78 Å². The maximum Gasteiger partial charge on any atom is 0.272 e. The van der Waals surface area contributed by atoms with Crippen molar-refractivity contribution in [3.8, 4) is 5.82 Å². The quantitative estimate of drug-likeness (QED) is 0.810. The van der Waals surface area contributed by atoms with Crippen molar-refractivity contribution in [2.24, 2.45) is 11.8 Å². The number of aliphatic hydroxyl groups is 1. The first-order chi connectivity index (χ1) is 13.3. The minimum atomic E-state index is -0.269. The van der Waals surface area contributed by atoms with Gasteiger partial charge in [0, 0.05) is 37.1 Å². The van der Waals surface area contributed by atoms with Crippen LogP contribution >= 0.6 is 0 Å². The molecule has 1 saturated carbocycles. The predicted molar refractivity (Wildman–Crippen MR) is 95.6 cm³/mol. The number of ether oxygens (including phenoxy) is 1. The number of hydrogen-bond acceptors (Lipinski definition) is 6. The second-order valence-electron chi connectivity index (χ2n) is 7.71. The van der Waals surface area contributed by atoms with E-state index in [-0.39, 0.29) is 24.5 Å². The maximum atomic E-state index is 13.0. The Morgan fingerprint density at radius 1 is 1.37 bits per heavy atom. The SMILES string of the molecule is O=C(NC(CO)C1CCOCC1)c1nn(-c2cnccn2)c2c1CC1CC21. The summed E-state index contributed by atoms with van der Waals surface area (Å²) in [5, 5.41) is 17.4. The fourth-order valence-corrected chi connectivity index (χ4v) is 4.54. The molecular formula is C19H23N5O3. The molecule has 1 amide bonds. The Bertz CT molecular complexity index is 847. The molecular weight excluding hydrogens is 346 g/mol. The molecule has 27 heavy (non-hydrogen) atoms. The van der Waals surface area contributed by atoms with Crippen LogP contribution in [0.25, 0.3) is 5.82 Å². The number of amides is 1. The summed E-state index contributed by atoms with van der Waals surface area (Å²) >= 11 is 0. The molecule has 2 aromatic heterocycles. The molecule has 1 aliphatic heterocycles. The van der Waals surface area contributed by atoms with Crippen LogP contribution in [0.4, 0.5) is 0 Å². The van der Waals surface area contributed by atoms with E-state index >= 15 is 0 Å². The normalized spacial score (nSPS) is 24.9. The van der Waals surface area contributed by atoms with Crippen LogP contribution in [0.15, 0.2) is 18.6 Å². The predicted octanol–water partition coefficient (Wildman–Crippen LogP) is 0.839. The van der Waals surface area contributed by atoms with E-state index in [0.717, 1.165) is 36.9 Å². The topological polar surface area (TPSA) is 102 Å². The summed E-state index contributed by atoms with van der Waals surface area (Å²) < 4.78 is 7.18. The average molecular weight is 369 g/mol. The number of carbonyl (C=O) groups is 1. The molecule has 3 heterocycles. The van der Waals surface area contributed by atoms with Crippen molar-refractivity contribution < 1.29 is 14.6 Å². The third-order valence-electron chi connectivity index (χ3n) is 6.09. The number of nitrogens with one attached hydrogen (secondary N) is 1. The van der Waals surface area contributed by atoms with E-state index in [9.17, 15) is 9.90 Å². The smallest absolute Gasteiger partial charge is 0.272 e. The van der Waals surface area contributed by atoms with Crippen molar-refractivity contribution in [2.45, 2.75) is 37.6 Å². The molecule has 0 aromatic carbocycles. The molecule has 0 bridgehead atoms. The fraction of sp³-hybridized carbons (Fsp3) is 0.579. The van der Waals surface area contributed by atoms with Crippen LogP contribution < -0.4 is 5.32 Å². The van der Waals surface area contributed by atoms with E-state index in [0.29, 0.717) is 36.6 Å². The Morgan fingerprint density at radius 2 is 2.22 bits per heavy atom. The Labute approximate surface area is 157 Å². The monoisotopic (exact) mass is 369 g/mol. The molecule has 2 fully saturated rings. The highest BCUT2D eigenvalue weighted by atomic mass is 16.5. The summed E-state index contributed by atoms with van der Waals surface area (Å²) in [6, 6.07) is -0.269. The first kappa shape index (κ1) is 16.8. The number of rotatable bonds is 5. The third kappa shape index (κ3) is 2.93. The lowest BCUT2D eigenvalue weighted by atomic mass is 9.92. The molecule has 2 aliphatic carbocycles. The number of carbonyl (C=O) groups excluding carboxylic acids is 1. The van der Waals surface area contributed by atoms with Crippen molar-refractivity contribution in [3.05, 3.63) is 35.5 Å². The summed E-state index contributed by atoms with van der Waals surface area (Å²) in [6.45, 7) is 1.28. The molecule has 3 aliphatic rings. The van der Waals surface area contributed by atoms with Crippen molar-refractivity contribution in [3.63, 3.8) is 0 Å². The van der Waals surface area contributed by atoms with Gasteiger partial charge in [-0.1, -0.05) is 0 Å². The van der Waals surface area contributed by atoms with Crippen LogP contribution in [-0.2, 0) is 11.2 Å². The van der Waals surface area contributed by atoms with Gasteiger partial charge in [0.25, 0.3) is 5.91 Å². The molecule has 0 spiro atoms. The van der Waals surface area contributed by atoms with Gasteiger partial charge < -0.3 is 15.2 Å². The van der Waals surface area contributed by atoms with E-state index in [1.54, 1.807) is 23.3 Å². The van der Waals surface area contributed by atoms with E-state index < -0.39 is 0 Å². The van der Waals surface area contributed by atoms with Gasteiger partial charge in [0.1, 0.15) is 0 Å². The molecule has 2 aromatic rings. The Balaban J connectivity index is 1.43. The Kier molecular flexibility index (Phi) is 4.17. The fourth-order valence-electron chi connectivity index (χ4n) is 4.54. The van der Waals surface area contributed by atoms with Gasteiger partial charge >= 0.3 is 0 Å². The van der Waals surface area contributed by atoms with Crippen molar-refractivity contribution >= 4 is 5.91 Å². The van der Waals surface area contributed by atoms with Gasteiger partial charge in [-0.15, -0.1) is 0 Å². The van der Waals surface area contributed by atoms with Crippen LogP contribution in [0, 0.1) is 11.8 Å². The standard InChI is InChI=1S/C19H23N5O3/c25-10-15(11-1-5-27-6-2-11)22-19(26)17-14-8-12-7-13(12)18(14)24(23-17)16-9-20-3-4-21-16/h3-4,9,11-13,15,25H,1-2,5-8,10H2,(H,22,26). The highest BCUT2D eigenvalue weighted by Gasteiger charge is 2.50.